The lowest BCUT2D eigenvalue weighted by molar-refractivity contribution is -0.131. The predicted molar refractivity (Wildman–Crippen MR) is 75.0 cm³/mol. The van der Waals surface area contributed by atoms with Gasteiger partial charge in [-0.25, -0.2) is 0 Å². The van der Waals surface area contributed by atoms with Crippen LogP contribution in [0.3, 0.4) is 0 Å². The highest BCUT2D eigenvalue weighted by atomic mass is 79.9. The quantitative estimate of drug-likeness (QED) is 0.909. The van der Waals surface area contributed by atoms with Gasteiger partial charge in [0.25, 0.3) is 0 Å². The summed E-state index contributed by atoms with van der Waals surface area (Å²) < 4.78 is 0.801. The second kappa shape index (κ2) is 5.14. The zero-order valence-electron chi connectivity index (χ0n) is 10.5. The van der Waals surface area contributed by atoms with E-state index >= 15 is 0 Å². The van der Waals surface area contributed by atoms with Gasteiger partial charge in [0.15, 0.2) is 0 Å². The standard InChI is InChI=1S/C14H16BrNO2/c1-3-16-13(7-4-9(2)14(16)18)11-6-5-10(17)8-12(11)15/h5-9,17H,3-4H2,1-2H3. The summed E-state index contributed by atoms with van der Waals surface area (Å²) in [4.78, 5) is 13.9. The smallest absolute Gasteiger partial charge is 0.230 e. The minimum atomic E-state index is 0.0459. The fourth-order valence-corrected chi connectivity index (χ4v) is 2.75. The first-order chi connectivity index (χ1) is 8.54. The monoisotopic (exact) mass is 309 g/mol. The van der Waals surface area contributed by atoms with E-state index in [9.17, 15) is 9.90 Å². The molecule has 1 N–H and O–H groups in total. The zero-order chi connectivity index (χ0) is 13.3. The van der Waals surface area contributed by atoms with E-state index in [0.29, 0.717) is 6.54 Å². The zero-order valence-corrected chi connectivity index (χ0v) is 12.1. The number of rotatable bonds is 2. The van der Waals surface area contributed by atoms with E-state index < -0.39 is 0 Å². The molecule has 1 aliphatic heterocycles. The molecule has 1 aliphatic rings. The number of halogens is 1. The Balaban J connectivity index is 2.45. The second-order valence-electron chi connectivity index (χ2n) is 4.47. The topological polar surface area (TPSA) is 40.5 Å². The van der Waals surface area contributed by atoms with Gasteiger partial charge in [-0.1, -0.05) is 13.0 Å². The molecule has 3 nitrogen and oxygen atoms in total. The van der Waals surface area contributed by atoms with E-state index in [2.05, 4.69) is 22.0 Å². The lowest BCUT2D eigenvalue weighted by Crippen LogP contribution is -2.36. The number of hydrogen-bond acceptors (Lipinski definition) is 2. The second-order valence-corrected chi connectivity index (χ2v) is 5.33. The van der Waals surface area contributed by atoms with Gasteiger partial charge >= 0.3 is 0 Å². The van der Waals surface area contributed by atoms with E-state index in [4.69, 9.17) is 0 Å². The van der Waals surface area contributed by atoms with Crippen molar-refractivity contribution < 1.29 is 9.90 Å². The molecule has 2 rings (SSSR count). The van der Waals surface area contributed by atoms with Crippen LogP contribution in [0.1, 0.15) is 25.8 Å². The number of nitrogens with zero attached hydrogens (tertiary/aromatic N) is 1. The first-order valence-corrected chi connectivity index (χ1v) is 6.84. The minimum absolute atomic E-state index is 0.0459. The summed E-state index contributed by atoms with van der Waals surface area (Å²) in [5, 5.41) is 9.42. The van der Waals surface area contributed by atoms with Crippen molar-refractivity contribution >= 4 is 27.5 Å². The van der Waals surface area contributed by atoms with Crippen LogP contribution in [0.15, 0.2) is 28.7 Å². The maximum Gasteiger partial charge on any atom is 0.230 e. The Morgan fingerprint density at radius 1 is 1.50 bits per heavy atom. The van der Waals surface area contributed by atoms with Gasteiger partial charge in [0.05, 0.1) is 0 Å². The Morgan fingerprint density at radius 2 is 2.22 bits per heavy atom. The van der Waals surface area contributed by atoms with Gasteiger partial charge in [0.2, 0.25) is 5.91 Å². The summed E-state index contributed by atoms with van der Waals surface area (Å²) in [6.07, 6.45) is 2.85. The Hall–Kier alpha value is -1.29. The number of phenols is 1. The molecule has 0 fully saturated rings. The molecule has 1 atom stereocenters. The molecule has 0 aromatic heterocycles. The Labute approximate surface area is 115 Å². The molecular formula is C14H16BrNO2. The van der Waals surface area contributed by atoms with Gasteiger partial charge in [0.1, 0.15) is 5.75 Å². The summed E-state index contributed by atoms with van der Waals surface area (Å²) in [5.41, 5.74) is 1.86. The number of phenolic OH excluding ortho intramolecular Hbond substituents is 1. The van der Waals surface area contributed by atoms with Crippen LogP contribution < -0.4 is 0 Å². The third-order valence-corrected chi connectivity index (χ3v) is 3.84. The summed E-state index contributed by atoms with van der Waals surface area (Å²) in [5.74, 6) is 0.421. The van der Waals surface area contributed by atoms with Crippen molar-refractivity contribution in [3.05, 3.63) is 34.3 Å². The number of allylic oxidation sites excluding steroid dienone is 1. The Bertz CT molecular complexity index is 511. The molecule has 96 valence electrons. The summed E-state index contributed by atoms with van der Waals surface area (Å²) >= 11 is 3.44. The number of benzene rings is 1. The molecule has 0 saturated carbocycles. The summed E-state index contributed by atoms with van der Waals surface area (Å²) in [6, 6.07) is 5.11. The largest absolute Gasteiger partial charge is 0.508 e. The number of hydrogen-bond donors (Lipinski definition) is 1. The van der Waals surface area contributed by atoms with E-state index in [1.54, 1.807) is 17.0 Å². The number of carbonyl (C=O) groups excluding carboxylic acids is 1. The van der Waals surface area contributed by atoms with Crippen LogP contribution in [0.25, 0.3) is 5.70 Å². The van der Waals surface area contributed by atoms with Crippen LogP contribution in [-0.4, -0.2) is 22.5 Å². The van der Waals surface area contributed by atoms with Crippen molar-refractivity contribution in [2.24, 2.45) is 5.92 Å². The van der Waals surface area contributed by atoms with Crippen molar-refractivity contribution in [2.75, 3.05) is 6.54 Å². The van der Waals surface area contributed by atoms with E-state index in [1.165, 1.54) is 0 Å². The van der Waals surface area contributed by atoms with E-state index in [1.807, 2.05) is 19.9 Å². The molecule has 1 amide bonds. The molecule has 1 heterocycles. The molecule has 0 spiro atoms. The molecule has 0 radical (unpaired) electrons. The van der Waals surface area contributed by atoms with Crippen LogP contribution in [0, 0.1) is 5.92 Å². The van der Waals surface area contributed by atoms with Crippen molar-refractivity contribution in [1.82, 2.24) is 4.90 Å². The highest BCUT2D eigenvalue weighted by molar-refractivity contribution is 9.10. The lowest BCUT2D eigenvalue weighted by Gasteiger charge is -2.31. The molecule has 1 unspecified atom stereocenters. The number of carbonyl (C=O) groups is 1. The van der Waals surface area contributed by atoms with Gasteiger partial charge in [-0.15, -0.1) is 0 Å². The molecule has 0 bridgehead atoms. The van der Waals surface area contributed by atoms with Crippen LogP contribution in [0.5, 0.6) is 5.75 Å². The average Bonchev–Trinajstić information content (AvgIpc) is 2.33. The maximum atomic E-state index is 12.1. The first-order valence-electron chi connectivity index (χ1n) is 6.05. The molecular weight excluding hydrogens is 294 g/mol. The van der Waals surface area contributed by atoms with Gasteiger partial charge in [0, 0.05) is 28.2 Å². The highest BCUT2D eigenvalue weighted by Crippen LogP contribution is 2.34. The fourth-order valence-electron chi connectivity index (χ4n) is 2.18. The fraction of sp³-hybridized carbons (Fsp3) is 0.357. The van der Waals surface area contributed by atoms with Crippen molar-refractivity contribution in [3.63, 3.8) is 0 Å². The molecule has 1 aromatic rings. The number of amides is 1. The van der Waals surface area contributed by atoms with Crippen molar-refractivity contribution in [2.45, 2.75) is 20.3 Å². The predicted octanol–water partition coefficient (Wildman–Crippen LogP) is 3.38. The summed E-state index contributed by atoms with van der Waals surface area (Å²) in [6.45, 7) is 4.57. The first kappa shape index (κ1) is 13.1. The average molecular weight is 310 g/mol. The maximum absolute atomic E-state index is 12.1. The molecule has 18 heavy (non-hydrogen) atoms. The number of aromatic hydroxyl groups is 1. The Morgan fingerprint density at radius 3 is 2.83 bits per heavy atom. The minimum Gasteiger partial charge on any atom is -0.508 e. The molecule has 1 aromatic carbocycles. The van der Waals surface area contributed by atoms with E-state index in [-0.39, 0.29) is 17.6 Å². The van der Waals surface area contributed by atoms with Crippen molar-refractivity contribution in [1.29, 1.82) is 0 Å². The van der Waals surface area contributed by atoms with Crippen molar-refractivity contribution in [3.8, 4) is 5.75 Å². The highest BCUT2D eigenvalue weighted by Gasteiger charge is 2.27. The molecule has 4 heteroatoms. The summed E-state index contributed by atoms with van der Waals surface area (Å²) in [7, 11) is 0. The van der Waals surface area contributed by atoms with Gasteiger partial charge in [-0.2, -0.15) is 0 Å². The van der Waals surface area contributed by atoms with Crippen LogP contribution in [0.2, 0.25) is 0 Å². The Kier molecular flexibility index (Phi) is 3.76. The van der Waals surface area contributed by atoms with Gasteiger partial charge < -0.3 is 10.0 Å². The normalized spacial score (nSPS) is 19.9. The van der Waals surface area contributed by atoms with Crippen LogP contribution >= 0.6 is 15.9 Å². The van der Waals surface area contributed by atoms with Gasteiger partial charge in [-0.05, 0) is 47.5 Å². The molecule has 0 saturated heterocycles. The lowest BCUT2D eigenvalue weighted by atomic mass is 9.97. The van der Waals surface area contributed by atoms with Gasteiger partial charge in [-0.3, -0.25) is 4.79 Å². The van der Waals surface area contributed by atoms with Crippen LogP contribution in [0.4, 0.5) is 0 Å². The van der Waals surface area contributed by atoms with Crippen LogP contribution in [-0.2, 0) is 4.79 Å². The third-order valence-electron chi connectivity index (χ3n) is 3.19. The molecule has 0 aliphatic carbocycles. The third kappa shape index (κ3) is 2.29. The van der Waals surface area contributed by atoms with E-state index in [0.717, 1.165) is 22.2 Å². The SMILES string of the molecule is CCN1C(=O)C(C)CC=C1c1ccc(O)cc1Br.